The molecule has 0 radical (unpaired) electrons. The Balaban J connectivity index is 1.90. The Morgan fingerprint density at radius 1 is 1.50 bits per heavy atom. The van der Waals surface area contributed by atoms with Gasteiger partial charge in [-0.15, -0.1) is 0 Å². The Morgan fingerprint density at radius 3 is 2.62 bits per heavy atom. The van der Waals surface area contributed by atoms with Crippen LogP contribution in [0.4, 0.5) is 4.79 Å². The van der Waals surface area contributed by atoms with Crippen LogP contribution in [0, 0.1) is 5.92 Å². The van der Waals surface area contributed by atoms with E-state index in [-0.39, 0.29) is 12.6 Å². The molecule has 1 aliphatic heterocycles. The lowest BCUT2D eigenvalue weighted by atomic mass is 9.99. The highest BCUT2D eigenvalue weighted by Crippen LogP contribution is 2.29. The minimum absolute atomic E-state index is 0.0377. The molecule has 16 heavy (non-hydrogen) atoms. The zero-order valence-corrected chi connectivity index (χ0v) is 9.16. The molecular weight excluding hydrogens is 212 g/mol. The number of carboxylic acids is 1. The molecule has 0 aromatic carbocycles. The van der Waals surface area contributed by atoms with E-state index in [1.54, 1.807) is 0 Å². The van der Waals surface area contributed by atoms with Crippen LogP contribution in [0.5, 0.6) is 0 Å². The molecule has 2 rings (SSSR count). The van der Waals surface area contributed by atoms with Crippen LogP contribution in [-0.4, -0.2) is 41.9 Å². The molecule has 0 aromatic rings. The minimum Gasteiger partial charge on any atom is -0.479 e. The summed E-state index contributed by atoms with van der Waals surface area (Å²) in [7, 11) is 0. The van der Waals surface area contributed by atoms with Crippen molar-refractivity contribution in [1.82, 2.24) is 10.6 Å². The van der Waals surface area contributed by atoms with Crippen LogP contribution in [0.2, 0.25) is 0 Å². The molecule has 2 amide bonds. The standard InChI is InChI=1S/C10H16N2O4/c1-6-4-7(6)11-9(15)12-10(8(13)14)2-3-16-5-10/h6-7H,2-5H2,1H3,(H,13,14)(H2,11,12,15). The number of rotatable bonds is 3. The average molecular weight is 228 g/mol. The predicted octanol–water partition coefficient (Wildman–Crippen LogP) is -0.0623. The molecule has 3 N–H and O–H groups in total. The van der Waals surface area contributed by atoms with E-state index in [4.69, 9.17) is 9.84 Å². The minimum atomic E-state index is -1.25. The number of carbonyl (C=O) groups excluding carboxylic acids is 1. The van der Waals surface area contributed by atoms with Gasteiger partial charge in [-0.05, 0) is 12.3 Å². The summed E-state index contributed by atoms with van der Waals surface area (Å²) in [5.74, 6) is -0.546. The van der Waals surface area contributed by atoms with Crippen LogP contribution < -0.4 is 10.6 Å². The Hall–Kier alpha value is -1.30. The van der Waals surface area contributed by atoms with Crippen LogP contribution in [-0.2, 0) is 9.53 Å². The Morgan fingerprint density at radius 2 is 2.19 bits per heavy atom. The summed E-state index contributed by atoms with van der Waals surface area (Å²) >= 11 is 0. The van der Waals surface area contributed by atoms with E-state index < -0.39 is 17.5 Å². The summed E-state index contributed by atoms with van der Waals surface area (Å²) in [5, 5.41) is 14.3. The molecule has 90 valence electrons. The van der Waals surface area contributed by atoms with Gasteiger partial charge < -0.3 is 20.5 Å². The largest absolute Gasteiger partial charge is 0.479 e. The number of amides is 2. The van der Waals surface area contributed by atoms with Crippen molar-refractivity contribution in [3.05, 3.63) is 0 Å². The van der Waals surface area contributed by atoms with Crippen LogP contribution >= 0.6 is 0 Å². The molecule has 3 atom stereocenters. The molecule has 2 aliphatic rings. The van der Waals surface area contributed by atoms with Gasteiger partial charge in [0.25, 0.3) is 0 Å². The van der Waals surface area contributed by atoms with E-state index in [0.717, 1.165) is 6.42 Å². The first-order chi connectivity index (χ1) is 7.53. The first-order valence-corrected chi connectivity index (χ1v) is 5.43. The van der Waals surface area contributed by atoms with Gasteiger partial charge in [-0.25, -0.2) is 9.59 Å². The van der Waals surface area contributed by atoms with Gasteiger partial charge in [0.05, 0.1) is 6.61 Å². The highest BCUT2D eigenvalue weighted by Gasteiger charge is 2.45. The van der Waals surface area contributed by atoms with Crippen molar-refractivity contribution in [3.63, 3.8) is 0 Å². The molecule has 6 nitrogen and oxygen atoms in total. The smallest absolute Gasteiger partial charge is 0.332 e. The van der Waals surface area contributed by atoms with Crippen LogP contribution in [0.1, 0.15) is 19.8 Å². The third-order valence-electron chi connectivity index (χ3n) is 3.21. The Kier molecular flexibility index (Phi) is 2.75. The second-order valence-electron chi connectivity index (χ2n) is 4.61. The number of carboxylic acid groups (broad SMARTS) is 1. The predicted molar refractivity (Wildman–Crippen MR) is 55.0 cm³/mol. The van der Waals surface area contributed by atoms with Gasteiger partial charge in [0.1, 0.15) is 0 Å². The van der Waals surface area contributed by atoms with Gasteiger partial charge >= 0.3 is 12.0 Å². The summed E-state index contributed by atoms with van der Waals surface area (Å²) in [5.41, 5.74) is -1.25. The summed E-state index contributed by atoms with van der Waals surface area (Å²) in [4.78, 5) is 22.7. The fourth-order valence-electron chi connectivity index (χ4n) is 1.83. The lowest BCUT2D eigenvalue weighted by molar-refractivity contribution is -0.144. The van der Waals surface area contributed by atoms with Crippen molar-refractivity contribution in [2.45, 2.75) is 31.3 Å². The number of carbonyl (C=O) groups is 2. The quantitative estimate of drug-likeness (QED) is 0.631. The van der Waals surface area contributed by atoms with Gasteiger partial charge in [-0.3, -0.25) is 0 Å². The first kappa shape index (κ1) is 11.2. The summed E-state index contributed by atoms with van der Waals surface area (Å²) in [6.45, 7) is 2.44. The molecule has 1 aliphatic carbocycles. The second-order valence-corrected chi connectivity index (χ2v) is 4.61. The fraction of sp³-hybridized carbons (Fsp3) is 0.800. The van der Waals surface area contributed by atoms with Crippen LogP contribution in [0.25, 0.3) is 0 Å². The maximum absolute atomic E-state index is 11.6. The molecule has 0 bridgehead atoms. The van der Waals surface area contributed by atoms with Crippen LogP contribution in [0.3, 0.4) is 0 Å². The number of ether oxygens (including phenoxy) is 1. The van der Waals surface area contributed by atoms with Gasteiger partial charge in [0.15, 0.2) is 5.54 Å². The number of urea groups is 1. The normalized spacial score (nSPS) is 36.8. The van der Waals surface area contributed by atoms with Gasteiger partial charge in [-0.2, -0.15) is 0 Å². The van der Waals surface area contributed by atoms with Crippen molar-refractivity contribution >= 4 is 12.0 Å². The maximum Gasteiger partial charge on any atom is 0.332 e. The van der Waals surface area contributed by atoms with Crippen molar-refractivity contribution in [3.8, 4) is 0 Å². The van der Waals surface area contributed by atoms with E-state index in [1.165, 1.54) is 0 Å². The highest BCUT2D eigenvalue weighted by atomic mass is 16.5. The van der Waals surface area contributed by atoms with Crippen molar-refractivity contribution < 1.29 is 19.4 Å². The van der Waals surface area contributed by atoms with E-state index in [1.807, 2.05) is 6.92 Å². The van der Waals surface area contributed by atoms with E-state index in [9.17, 15) is 9.59 Å². The Labute approximate surface area is 93.3 Å². The number of hydrogen-bond donors (Lipinski definition) is 3. The molecule has 1 saturated heterocycles. The topological polar surface area (TPSA) is 87.7 Å². The van der Waals surface area contributed by atoms with E-state index in [2.05, 4.69) is 10.6 Å². The second kappa shape index (κ2) is 3.93. The third-order valence-corrected chi connectivity index (χ3v) is 3.21. The molecule has 3 unspecified atom stereocenters. The number of nitrogens with one attached hydrogen (secondary N) is 2. The van der Waals surface area contributed by atoms with Crippen molar-refractivity contribution in [1.29, 1.82) is 0 Å². The molecule has 1 saturated carbocycles. The summed E-state index contributed by atoms with van der Waals surface area (Å²) < 4.78 is 5.04. The SMILES string of the molecule is CC1CC1NC(=O)NC1(C(=O)O)CCOC1. The van der Waals surface area contributed by atoms with E-state index in [0.29, 0.717) is 18.9 Å². The van der Waals surface area contributed by atoms with Gasteiger partial charge in [-0.1, -0.05) is 6.92 Å². The monoisotopic (exact) mass is 228 g/mol. The zero-order valence-electron chi connectivity index (χ0n) is 9.16. The maximum atomic E-state index is 11.6. The average Bonchev–Trinajstić information content (AvgIpc) is 2.72. The Bertz CT molecular complexity index is 312. The van der Waals surface area contributed by atoms with Gasteiger partial charge in [0.2, 0.25) is 0 Å². The molecule has 6 heteroatoms. The molecule has 2 fully saturated rings. The molecule has 0 spiro atoms. The molecule has 1 heterocycles. The van der Waals surface area contributed by atoms with Gasteiger partial charge in [0, 0.05) is 19.1 Å². The van der Waals surface area contributed by atoms with E-state index >= 15 is 0 Å². The lowest BCUT2D eigenvalue weighted by Crippen LogP contribution is -2.58. The lowest BCUT2D eigenvalue weighted by Gasteiger charge is -2.23. The number of aliphatic carboxylic acids is 1. The fourth-order valence-corrected chi connectivity index (χ4v) is 1.83. The van der Waals surface area contributed by atoms with Crippen LogP contribution in [0.15, 0.2) is 0 Å². The third kappa shape index (κ3) is 2.11. The first-order valence-electron chi connectivity index (χ1n) is 5.43. The highest BCUT2D eigenvalue weighted by molar-refractivity contribution is 5.86. The molecule has 0 aromatic heterocycles. The van der Waals surface area contributed by atoms with Crippen molar-refractivity contribution in [2.75, 3.05) is 13.2 Å². The number of hydrogen-bond acceptors (Lipinski definition) is 3. The zero-order chi connectivity index (χ0) is 11.8. The summed E-state index contributed by atoms with van der Waals surface area (Å²) in [6.07, 6.45) is 1.28. The van der Waals surface area contributed by atoms with Crippen molar-refractivity contribution in [2.24, 2.45) is 5.92 Å². The molecular formula is C10H16N2O4. The summed E-state index contributed by atoms with van der Waals surface area (Å²) in [6, 6.07) is -0.226.